The fourth-order valence-corrected chi connectivity index (χ4v) is 3.33. The zero-order valence-corrected chi connectivity index (χ0v) is 13.0. The molecule has 0 bridgehead atoms. The molecular formula is C15H27N3O3. The highest BCUT2D eigenvalue weighted by Crippen LogP contribution is 2.26. The molecule has 6 nitrogen and oxygen atoms in total. The third-order valence-electron chi connectivity index (χ3n) is 4.42. The SMILES string of the molecule is CC(C)CN1CCN(C(=O)NC2CCCC2C(=O)O)CC1. The second-order valence-electron chi connectivity index (χ2n) is 6.61. The molecule has 1 heterocycles. The summed E-state index contributed by atoms with van der Waals surface area (Å²) < 4.78 is 0. The molecular weight excluding hydrogens is 270 g/mol. The number of rotatable bonds is 4. The number of piperazine rings is 1. The number of amides is 2. The van der Waals surface area contributed by atoms with Crippen LogP contribution in [0.2, 0.25) is 0 Å². The number of hydrogen-bond donors (Lipinski definition) is 2. The van der Waals surface area contributed by atoms with Crippen LogP contribution in [-0.4, -0.2) is 65.7 Å². The lowest BCUT2D eigenvalue weighted by atomic mass is 10.0. The van der Waals surface area contributed by atoms with Crippen molar-refractivity contribution in [3.05, 3.63) is 0 Å². The first-order valence-corrected chi connectivity index (χ1v) is 7.98. The van der Waals surface area contributed by atoms with Crippen molar-refractivity contribution in [3.8, 4) is 0 Å². The third kappa shape index (κ3) is 4.33. The Hall–Kier alpha value is -1.30. The zero-order valence-electron chi connectivity index (χ0n) is 13.0. The minimum absolute atomic E-state index is 0.0997. The molecule has 0 spiro atoms. The standard InChI is InChI=1S/C15H27N3O3/c1-11(2)10-17-6-8-18(9-7-17)15(21)16-13-5-3-4-12(13)14(19)20/h11-13H,3-10H2,1-2H3,(H,16,21)(H,19,20). The molecule has 0 aromatic rings. The van der Waals surface area contributed by atoms with Crippen molar-refractivity contribution >= 4 is 12.0 Å². The Kier molecular flexibility index (Phi) is 5.45. The molecule has 2 unspecified atom stereocenters. The van der Waals surface area contributed by atoms with E-state index in [9.17, 15) is 9.59 Å². The second-order valence-corrected chi connectivity index (χ2v) is 6.61. The molecule has 2 atom stereocenters. The molecule has 2 fully saturated rings. The van der Waals surface area contributed by atoms with Crippen LogP contribution in [0.5, 0.6) is 0 Å². The Bertz CT molecular complexity index is 378. The lowest BCUT2D eigenvalue weighted by Gasteiger charge is -2.36. The number of carbonyl (C=O) groups is 2. The van der Waals surface area contributed by atoms with Crippen molar-refractivity contribution in [2.45, 2.75) is 39.2 Å². The summed E-state index contributed by atoms with van der Waals surface area (Å²) in [5.41, 5.74) is 0. The first-order chi connectivity index (χ1) is 9.97. The molecule has 1 aliphatic heterocycles. The normalized spacial score (nSPS) is 27.1. The molecule has 0 radical (unpaired) electrons. The van der Waals surface area contributed by atoms with E-state index in [1.807, 2.05) is 4.90 Å². The van der Waals surface area contributed by atoms with Crippen molar-refractivity contribution in [3.63, 3.8) is 0 Å². The fraction of sp³-hybridized carbons (Fsp3) is 0.867. The highest BCUT2D eigenvalue weighted by atomic mass is 16.4. The van der Waals surface area contributed by atoms with E-state index in [0.717, 1.165) is 45.6 Å². The van der Waals surface area contributed by atoms with Crippen LogP contribution >= 0.6 is 0 Å². The number of carbonyl (C=O) groups excluding carboxylic acids is 1. The highest BCUT2D eigenvalue weighted by molar-refractivity contribution is 5.77. The maximum absolute atomic E-state index is 12.3. The van der Waals surface area contributed by atoms with Crippen molar-refractivity contribution in [2.24, 2.45) is 11.8 Å². The first-order valence-electron chi connectivity index (χ1n) is 7.98. The molecule has 1 saturated carbocycles. The van der Waals surface area contributed by atoms with Gasteiger partial charge in [0.05, 0.1) is 5.92 Å². The Morgan fingerprint density at radius 3 is 2.43 bits per heavy atom. The average molecular weight is 297 g/mol. The van der Waals surface area contributed by atoms with Gasteiger partial charge in [-0.1, -0.05) is 20.3 Å². The smallest absolute Gasteiger partial charge is 0.317 e. The van der Waals surface area contributed by atoms with Crippen LogP contribution in [0.15, 0.2) is 0 Å². The van der Waals surface area contributed by atoms with Gasteiger partial charge in [-0.05, 0) is 18.8 Å². The van der Waals surface area contributed by atoms with E-state index in [0.29, 0.717) is 12.3 Å². The van der Waals surface area contributed by atoms with E-state index in [2.05, 4.69) is 24.1 Å². The van der Waals surface area contributed by atoms with Gasteiger partial charge in [0.2, 0.25) is 0 Å². The van der Waals surface area contributed by atoms with Gasteiger partial charge >= 0.3 is 12.0 Å². The molecule has 2 rings (SSSR count). The minimum Gasteiger partial charge on any atom is -0.481 e. The summed E-state index contributed by atoms with van der Waals surface area (Å²) in [4.78, 5) is 27.6. The predicted octanol–water partition coefficient (Wildman–Crippen LogP) is 1.22. The van der Waals surface area contributed by atoms with Gasteiger partial charge in [-0.15, -0.1) is 0 Å². The van der Waals surface area contributed by atoms with E-state index in [-0.39, 0.29) is 12.1 Å². The minimum atomic E-state index is -0.792. The highest BCUT2D eigenvalue weighted by Gasteiger charge is 2.35. The molecule has 2 aliphatic rings. The number of carboxylic acids is 1. The van der Waals surface area contributed by atoms with Crippen LogP contribution in [0.25, 0.3) is 0 Å². The van der Waals surface area contributed by atoms with Gasteiger partial charge in [-0.25, -0.2) is 4.79 Å². The zero-order chi connectivity index (χ0) is 15.4. The van der Waals surface area contributed by atoms with E-state index in [1.54, 1.807) is 0 Å². The summed E-state index contributed by atoms with van der Waals surface area (Å²) in [5.74, 6) is -0.573. The first kappa shape index (κ1) is 16.1. The van der Waals surface area contributed by atoms with Gasteiger partial charge in [0, 0.05) is 38.8 Å². The molecule has 2 N–H and O–H groups in total. The Morgan fingerprint density at radius 1 is 1.19 bits per heavy atom. The molecule has 0 aromatic heterocycles. The molecule has 6 heteroatoms. The van der Waals surface area contributed by atoms with Gasteiger partial charge < -0.3 is 15.3 Å². The lowest BCUT2D eigenvalue weighted by Crippen LogP contribution is -2.54. The van der Waals surface area contributed by atoms with Crippen molar-refractivity contribution in [1.29, 1.82) is 0 Å². The Morgan fingerprint density at radius 2 is 1.86 bits per heavy atom. The van der Waals surface area contributed by atoms with Crippen LogP contribution in [-0.2, 0) is 4.79 Å². The summed E-state index contributed by atoms with van der Waals surface area (Å²) in [6.07, 6.45) is 2.32. The van der Waals surface area contributed by atoms with Crippen molar-refractivity contribution < 1.29 is 14.7 Å². The van der Waals surface area contributed by atoms with Crippen LogP contribution in [0, 0.1) is 11.8 Å². The number of carboxylic acid groups (broad SMARTS) is 1. The maximum atomic E-state index is 12.3. The molecule has 120 valence electrons. The molecule has 2 amide bonds. The number of urea groups is 1. The van der Waals surface area contributed by atoms with E-state index in [1.165, 1.54) is 0 Å². The van der Waals surface area contributed by atoms with Gasteiger partial charge in [0.25, 0.3) is 0 Å². The summed E-state index contributed by atoms with van der Waals surface area (Å²) >= 11 is 0. The average Bonchev–Trinajstić information content (AvgIpc) is 2.87. The van der Waals surface area contributed by atoms with Crippen LogP contribution in [0.1, 0.15) is 33.1 Å². The number of nitrogens with zero attached hydrogens (tertiary/aromatic N) is 2. The number of nitrogens with one attached hydrogen (secondary N) is 1. The topological polar surface area (TPSA) is 72.9 Å². The number of aliphatic carboxylic acids is 1. The predicted molar refractivity (Wildman–Crippen MR) is 80.1 cm³/mol. The monoisotopic (exact) mass is 297 g/mol. The summed E-state index contributed by atoms with van der Waals surface area (Å²) in [7, 11) is 0. The maximum Gasteiger partial charge on any atom is 0.317 e. The molecule has 21 heavy (non-hydrogen) atoms. The van der Waals surface area contributed by atoms with Gasteiger partial charge in [-0.3, -0.25) is 9.69 Å². The summed E-state index contributed by atoms with van der Waals surface area (Å²) in [5, 5.41) is 12.1. The fourth-order valence-electron chi connectivity index (χ4n) is 3.33. The third-order valence-corrected chi connectivity index (χ3v) is 4.42. The molecule has 0 aromatic carbocycles. The van der Waals surface area contributed by atoms with Gasteiger partial charge in [-0.2, -0.15) is 0 Å². The van der Waals surface area contributed by atoms with Gasteiger partial charge in [0.15, 0.2) is 0 Å². The van der Waals surface area contributed by atoms with Crippen LogP contribution < -0.4 is 5.32 Å². The summed E-state index contributed by atoms with van der Waals surface area (Å²) in [6.45, 7) is 8.72. The van der Waals surface area contributed by atoms with Crippen molar-refractivity contribution in [1.82, 2.24) is 15.1 Å². The quantitative estimate of drug-likeness (QED) is 0.818. The van der Waals surface area contributed by atoms with Crippen LogP contribution in [0.3, 0.4) is 0 Å². The van der Waals surface area contributed by atoms with E-state index in [4.69, 9.17) is 5.11 Å². The Labute approximate surface area is 126 Å². The second kappa shape index (κ2) is 7.11. The molecule has 1 saturated heterocycles. The van der Waals surface area contributed by atoms with Crippen LogP contribution in [0.4, 0.5) is 4.79 Å². The Balaban J connectivity index is 1.78. The molecule has 1 aliphatic carbocycles. The largest absolute Gasteiger partial charge is 0.481 e. The van der Waals surface area contributed by atoms with Gasteiger partial charge in [0.1, 0.15) is 0 Å². The van der Waals surface area contributed by atoms with Crippen molar-refractivity contribution in [2.75, 3.05) is 32.7 Å². The van der Waals surface area contributed by atoms with E-state index < -0.39 is 11.9 Å². The lowest BCUT2D eigenvalue weighted by molar-refractivity contribution is -0.142. The summed E-state index contributed by atoms with van der Waals surface area (Å²) in [6, 6.07) is -0.305. The van der Waals surface area contributed by atoms with E-state index >= 15 is 0 Å². The number of hydrogen-bond acceptors (Lipinski definition) is 3.